The van der Waals surface area contributed by atoms with Crippen molar-refractivity contribution in [1.29, 1.82) is 0 Å². The fourth-order valence-electron chi connectivity index (χ4n) is 2.71. The molecule has 0 aliphatic carbocycles. The van der Waals surface area contributed by atoms with Crippen LogP contribution in [0.25, 0.3) is 11.0 Å². The first kappa shape index (κ1) is 18.9. The minimum atomic E-state index is -0.971. The zero-order chi connectivity index (χ0) is 19.4. The third kappa shape index (κ3) is 4.13. The smallest absolute Gasteiger partial charge is 0.256 e. The van der Waals surface area contributed by atoms with E-state index in [1.165, 1.54) is 0 Å². The van der Waals surface area contributed by atoms with Gasteiger partial charge in [0.2, 0.25) is 0 Å². The predicted molar refractivity (Wildman–Crippen MR) is 101 cm³/mol. The van der Waals surface area contributed by atoms with Gasteiger partial charge in [0.1, 0.15) is 36.0 Å². The Hall–Kier alpha value is -2.83. The molecule has 1 unspecified atom stereocenters. The summed E-state index contributed by atoms with van der Waals surface area (Å²) in [6, 6.07) is 11.6. The van der Waals surface area contributed by atoms with Crippen LogP contribution in [-0.2, 0) is 11.4 Å². The molecule has 2 aromatic carbocycles. The molecule has 0 aliphatic rings. The van der Waals surface area contributed by atoms with Gasteiger partial charge >= 0.3 is 0 Å². The number of aliphatic hydroxyl groups excluding tert-OH is 1. The second-order valence-corrected chi connectivity index (χ2v) is 6.38. The third-order valence-electron chi connectivity index (χ3n) is 4.09. The van der Waals surface area contributed by atoms with E-state index in [4.69, 9.17) is 25.9 Å². The lowest BCUT2D eigenvalue weighted by atomic mass is 10.1. The van der Waals surface area contributed by atoms with Crippen LogP contribution in [0.5, 0.6) is 5.75 Å². The zero-order valence-electron chi connectivity index (χ0n) is 14.6. The van der Waals surface area contributed by atoms with E-state index in [1.54, 1.807) is 31.2 Å². The van der Waals surface area contributed by atoms with E-state index in [0.29, 0.717) is 39.4 Å². The van der Waals surface area contributed by atoms with Gasteiger partial charge in [0, 0.05) is 16.0 Å². The molecule has 1 atom stereocenters. The number of fused-ring (bicyclic) bond motifs is 1. The Bertz CT molecular complexity index is 982. The maximum absolute atomic E-state index is 12.5. The number of nitrogens with one attached hydrogen (secondary N) is 1. The number of rotatable bonds is 7. The number of ether oxygens (including phenoxy) is 1. The monoisotopic (exact) mass is 387 g/mol. The quantitative estimate of drug-likeness (QED) is 0.607. The second-order valence-electron chi connectivity index (χ2n) is 5.97. The molecule has 3 rings (SSSR count). The maximum atomic E-state index is 12.5. The van der Waals surface area contributed by atoms with Gasteiger partial charge in [0.15, 0.2) is 0 Å². The van der Waals surface area contributed by atoms with E-state index in [9.17, 15) is 9.59 Å². The summed E-state index contributed by atoms with van der Waals surface area (Å²) in [5, 5.41) is 12.7. The van der Waals surface area contributed by atoms with Crippen molar-refractivity contribution >= 4 is 34.8 Å². The Kier molecular flexibility index (Phi) is 5.78. The molecule has 0 bridgehead atoms. The molecule has 7 heteroatoms. The Labute approximate surface area is 160 Å². The van der Waals surface area contributed by atoms with Crippen LogP contribution in [0.1, 0.15) is 21.7 Å². The summed E-state index contributed by atoms with van der Waals surface area (Å²) in [5.74, 6) is 0.459. The van der Waals surface area contributed by atoms with Crippen molar-refractivity contribution in [2.75, 3.05) is 6.61 Å². The minimum Gasteiger partial charge on any atom is -0.489 e. The average Bonchev–Trinajstić information content (AvgIpc) is 3.00. The standard InChI is InChI=1S/C20H18ClNO5/c1-12-19(20(25)22-14(9-23)10-24)16-8-15(6-7-18(16)27-12)26-11-13-4-2-3-5-17(13)21/h2-9,14,24H,10-11H2,1H3,(H,22,25). The van der Waals surface area contributed by atoms with Gasteiger partial charge in [-0.15, -0.1) is 0 Å². The normalized spacial score (nSPS) is 12.0. The first-order chi connectivity index (χ1) is 13.0. The molecular weight excluding hydrogens is 370 g/mol. The van der Waals surface area contributed by atoms with Crippen LogP contribution < -0.4 is 10.1 Å². The molecule has 1 aromatic heterocycles. The number of aryl methyl sites for hydroxylation is 1. The molecule has 1 heterocycles. The van der Waals surface area contributed by atoms with Crippen molar-refractivity contribution in [3.8, 4) is 5.75 Å². The van der Waals surface area contributed by atoms with E-state index >= 15 is 0 Å². The van der Waals surface area contributed by atoms with Gasteiger partial charge < -0.3 is 24.4 Å². The summed E-state index contributed by atoms with van der Waals surface area (Å²) in [6.45, 7) is 1.46. The van der Waals surface area contributed by atoms with Crippen molar-refractivity contribution < 1.29 is 23.8 Å². The van der Waals surface area contributed by atoms with E-state index in [1.807, 2.05) is 18.2 Å². The lowest BCUT2D eigenvalue weighted by Gasteiger charge is -2.10. The molecule has 0 saturated heterocycles. The molecule has 140 valence electrons. The highest BCUT2D eigenvalue weighted by Gasteiger charge is 2.21. The van der Waals surface area contributed by atoms with Crippen LogP contribution in [0.15, 0.2) is 46.9 Å². The van der Waals surface area contributed by atoms with E-state index in [2.05, 4.69) is 5.32 Å². The zero-order valence-corrected chi connectivity index (χ0v) is 15.3. The topological polar surface area (TPSA) is 88.8 Å². The molecule has 0 spiro atoms. The van der Waals surface area contributed by atoms with E-state index in [0.717, 1.165) is 5.56 Å². The van der Waals surface area contributed by atoms with E-state index < -0.39 is 18.6 Å². The molecule has 1 amide bonds. The largest absolute Gasteiger partial charge is 0.489 e. The summed E-state index contributed by atoms with van der Waals surface area (Å²) in [7, 11) is 0. The van der Waals surface area contributed by atoms with Crippen LogP contribution >= 0.6 is 11.6 Å². The van der Waals surface area contributed by atoms with Crippen molar-refractivity contribution in [3.63, 3.8) is 0 Å². The summed E-state index contributed by atoms with van der Waals surface area (Å²) >= 11 is 6.13. The highest BCUT2D eigenvalue weighted by molar-refractivity contribution is 6.31. The highest BCUT2D eigenvalue weighted by Crippen LogP contribution is 2.30. The molecule has 6 nitrogen and oxygen atoms in total. The van der Waals surface area contributed by atoms with Crippen molar-refractivity contribution in [3.05, 3.63) is 64.4 Å². The SMILES string of the molecule is Cc1oc2ccc(OCc3ccccc3Cl)cc2c1C(=O)NC(C=O)CO. The van der Waals surface area contributed by atoms with E-state index in [-0.39, 0.29) is 6.61 Å². The molecule has 27 heavy (non-hydrogen) atoms. The van der Waals surface area contributed by atoms with Gasteiger partial charge in [0.05, 0.1) is 12.2 Å². The summed E-state index contributed by atoms with van der Waals surface area (Å²) in [6.07, 6.45) is 0.480. The molecular formula is C20H18ClNO5. The van der Waals surface area contributed by atoms with Crippen LogP contribution in [0.4, 0.5) is 0 Å². The van der Waals surface area contributed by atoms with Gasteiger partial charge in [-0.05, 0) is 31.2 Å². The summed E-state index contributed by atoms with van der Waals surface area (Å²) in [5.41, 5.74) is 1.67. The average molecular weight is 388 g/mol. The van der Waals surface area contributed by atoms with Crippen molar-refractivity contribution in [2.45, 2.75) is 19.6 Å². The Morgan fingerprint density at radius 1 is 1.33 bits per heavy atom. The van der Waals surface area contributed by atoms with Crippen LogP contribution in [-0.4, -0.2) is 29.9 Å². The number of carbonyl (C=O) groups excluding carboxylic acids is 2. The lowest BCUT2D eigenvalue weighted by molar-refractivity contribution is -0.110. The molecule has 3 aromatic rings. The minimum absolute atomic E-state index is 0.279. The number of amides is 1. The lowest BCUT2D eigenvalue weighted by Crippen LogP contribution is -2.38. The van der Waals surface area contributed by atoms with Gasteiger partial charge in [0.25, 0.3) is 5.91 Å². The number of benzene rings is 2. The van der Waals surface area contributed by atoms with Crippen molar-refractivity contribution in [2.24, 2.45) is 0 Å². The third-order valence-corrected chi connectivity index (χ3v) is 4.46. The fourth-order valence-corrected chi connectivity index (χ4v) is 2.90. The molecule has 0 fully saturated rings. The van der Waals surface area contributed by atoms with Crippen LogP contribution in [0.3, 0.4) is 0 Å². The Morgan fingerprint density at radius 2 is 2.11 bits per heavy atom. The molecule has 0 aliphatic heterocycles. The summed E-state index contributed by atoms with van der Waals surface area (Å²) in [4.78, 5) is 23.4. The molecule has 0 radical (unpaired) electrons. The number of furan rings is 1. The number of halogens is 1. The van der Waals surface area contributed by atoms with Gasteiger partial charge in [-0.3, -0.25) is 4.79 Å². The number of hydrogen-bond donors (Lipinski definition) is 2. The van der Waals surface area contributed by atoms with Crippen LogP contribution in [0, 0.1) is 6.92 Å². The second kappa shape index (κ2) is 8.24. The van der Waals surface area contributed by atoms with Crippen molar-refractivity contribution in [1.82, 2.24) is 5.32 Å². The maximum Gasteiger partial charge on any atom is 0.256 e. The van der Waals surface area contributed by atoms with Crippen LogP contribution in [0.2, 0.25) is 5.02 Å². The number of aliphatic hydroxyl groups is 1. The Morgan fingerprint density at radius 3 is 2.81 bits per heavy atom. The molecule has 0 saturated carbocycles. The first-order valence-corrected chi connectivity index (χ1v) is 8.67. The summed E-state index contributed by atoms with van der Waals surface area (Å²) < 4.78 is 11.4. The van der Waals surface area contributed by atoms with Gasteiger partial charge in [-0.2, -0.15) is 0 Å². The number of carbonyl (C=O) groups is 2. The highest BCUT2D eigenvalue weighted by atomic mass is 35.5. The predicted octanol–water partition coefficient (Wildman–Crippen LogP) is 3.26. The number of aldehydes is 1. The number of hydrogen-bond acceptors (Lipinski definition) is 5. The first-order valence-electron chi connectivity index (χ1n) is 8.30. The van der Waals surface area contributed by atoms with Gasteiger partial charge in [-0.25, -0.2) is 0 Å². The molecule has 2 N–H and O–H groups in total. The van der Waals surface area contributed by atoms with Gasteiger partial charge in [-0.1, -0.05) is 29.8 Å². The Balaban J connectivity index is 1.86. The fraction of sp³-hybridized carbons (Fsp3) is 0.200.